The molecule has 1 aliphatic heterocycles. The molecule has 2 aromatic heterocycles. The van der Waals surface area contributed by atoms with Gasteiger partial charge >= 0.3 is 0 Å². The Bertz CT molecular complexity index is 881. The first-order chi connectivity index (χ1) is 13.7. The molecular weight excluding hydrogens is 396 g/mol. The second-order valence-corrected chi connectivity index (χ2v) is 8.40. The number of rotatable bonds is 7. The fraction of sp³-hybridized carbons (Fsp3) is 0.400. The van der Waals surface area contributed by atoms with Crippen LogP contribution in [-0.4, -0.2) is 58.4 Å². The van der Waals surface area contributed by atoms with Gasteiger partial charge in [0, 0.05) is 36.9 Å². The van der Waals surface area contributed by atoms with Gasteiger partial charge in [-0.05, 0) is 43.2 Å². The van der Waals surface area contributed by atoms with Crippen molar-refractivity contribution in [3.05, 3.63) is 47.6 Å². The van der Waals surface area contributed by atoms with E-state index in [1.165, 1.54) is 0 Å². The van der Waals surface area contributed by atoms with Gasteiger partial charge < -0.3 is 20.1 Å². The van der Waals surface area contributed by atoms with Gasteiger partial charge in [0.05, 0.1) is 0 Å². The number of pyridine rings is 1. The lowest BCUT2D eigenvalue weighted by atomic mass is 10.1. The number of β-amino-alcohol motifs (C(OH)–C–C–N with tert-alkyl or cyclic N) is 1. The number of aromatic nitrogens is 2. The van der Waals surface area contributed by atoms with Crippen molar-refractivity contribution in [2.75, 3.05) is 31.6 Å². The molecule has 3 heterocycles. The predicted octanol–water partition coefficient (Wildman–Crippen LogP) is 3.66. The van der Waals surface area contributed by atoms with Crippen molar-refractivity contribution in [2.45, 2.75) is 25.0 Å². The summed E-state index contributed by atoms with van der Waals surface area (Å²) in [5.74, 6) is 0.680. The lowest BCUT2D eigenvalue weighted by molar-refractivity contribution is 0.0605. The summed E-state index contributed by atoms with van der Waals surface area (Å²) in [6, 6.07) is 11.5. The van der Waals surface area contributed by atoms with Crippen molar-refractivity contribution in [1.29, 1.82) is 0 Å². The number of anilines is 1. The van der Waals surface area contributed by atoms with E-state index < -0.39 is 6.10 Å². The standard InChI is InChI=1S/C20H23ClN4O2S/c21-14-3-1-4-17(11-14)27-13-16(26)12-25-9-6-15(7-10-25)23-20-24-18-5-2-8-22-19(18)28-20/h1-5,8,11,15-16,26H,6-7,9-10,12-13H2,(H,23,24). The molecule has 1 aliphatic rings. The van der Waals surface area contributed by atoms with Crippen LogP contribution < -0.4 is 10.1 Å². The highest BCUT2D eigenvalue weighted by molar-refractivity contribution is 7.21. The topological polar surface area (TPSA) is 70.5 Å². The zero-order valence-electron chi connectivity index (χ0n) is 15.4. The molecule has 1 atom stereocenters. The Morgan fingerprint density at radius 2 is 2.14 bits per heavy atom. The molecule has 1 fully saturated rings. The van der Waals surface area contributed by atoms with Gasteiger partial charge in [0.2, 0.25) is 0 Å². The Kier molecular flexibility index (Phi) is 6.26. The summed E-state index contributed by atoms with van der Waals surface area (Å²) >= 11 is 7.54. The molecule has 1 unspecified atom stereocenters. The van der Waals surface area contributed by atoms with Crippen molar-refractivity contribution >= 4 is 38.4 Å². The maximum atomic E-state index is 10.3. The number of aliphatic hydroxyl groups excluding tert-OH is 1. The van der Waals surface area contributed by atoms with E-state index in [9.17, 15) is 5.11 Å². The molecule has 148 valence electrons. The molecule has 0 aliphatic carbocycles. The van der Waals surface area contributed by atoms with Crippen LogP contribution in [-0.2, 0) is 0 Å². The van der Waals surface area contributed by atoms with E-state index >= 15 is 0 Å². The molecule has 0 radical (unpaired) electrons. The van der Waals surface area contributed by atoms with Crippen LogP contribution in [0.25, 0.3) is 10.3 Å². The minimum Gasteiger partial charge on any atom is -0.491 e. The van der Waals surface area contributed by atoms with Crippen LogP contribution in [0, 0.1) is 0 Å². The number of piperidine rings is 1. The largest absolute Gasteiger partial charge is 0.491 e. The first-order valence-electron chi connectivity index (χ1n) is 9.42. The molecular formula is C20H23ClN4O2S. The van der Waals surface area contributed by atoms with Crippen LogP contribution in [0.2, 0.25) is 5.02 Å². The van der Waals surface area contributed by atoms with Gasteiger partial charge in [-0.3, -0.25) is 0 Å². The Labute approximate surface area is 173 Å². The minimum absolute atomic E-state index is 0.261. The molecule has 8 heteroatoms. The van der Waals surface area contributed by atoms with Gasteiger partial charge in [-0.1, -0.05) is 29.0 Å². The third-order valence-electron chi connectivity index (χ3n) is 4.79. The van der Waals surface area contributed by atoms with Crippen molar-refractivity contribution in [3.8, 4) is 5.75 Å². The van der Waals surface area contributed by atoms with E-state index in [-0.39, 0.29) is 6.61 Å². The molecule has 0 saturated carbocycles. The Morgan fingerprint density at radius 1 is 1.29 bits per heavy atom. The zero-order valence-corrected chi connectivity index (χ0v) is 17.0. The lowest BCUT2D eigenvalue weighted by Crippen LogP contribution is -2.43. The summed E-state index contributed by atoms with van der Waals surface area (Å²) in [5.41, 5.74) is 0.940. The van der Waals surface area contributed by atoms with Crippen LogP contribution in [0.5, 0.6) is 5.75 Å². The van der Waals surface area contributed by atoms with Crippen molar-refractivity contribution < 1.29 is 9.84 Å². The number of likely N-dealkylation sites (tertiary alicyclic amines) is 1. The monoisotopic (exact) mass is 418 g/mol. The smallest absolute Gasteiger partial charge is 0.185 e. The number of aliphatic hydroxyl groups is 1. The van der Waals surface area contributed by atoms with E-state index in [2.05, 4.69) is 20.2 Å². The molecule has 4 rings (SSSR count). The number of thiazole rings is 1. The molecule has 0 amide bonds. The Morgan fingerprint density at radius 3 is 2.93 bits per heavy atom. The quantitative estimate of drug-likeness (QED) is 0.610. The van der Waals surface area contributed by atoms with Crippen LogP contribution in [0.3, 0.4) is 0 Å². The maximum Gasteiger partial charge on any atom is 0.185 e. The number of benzene rings is 1. The first kappa shape index (κ1) is 19.4. The molecule has 1 saturated heterocycles. The van der Waals surface area contributed by atoms with E-state index in [0.717, 1.165) is 41.4 Å². The van der Waals surface area contributed by atoms with Crippen LogP contribution >= 0.6 is 22.9 Å². The SMILES string of the molecule is OC(COc1cccc(Cl)c1)CN1CCC(Nc2nc3cccnc3s2)CC1. The number of nitrogens with zero attached hydrogens (tertiary/aromatic N) is 3. The third kappa shape index (κ3) is 5.11. The van der Waals surface area contributed by atoms with Crippen LogP contribution in [0.1, 0.15) is 12.8 Å². The summed E-state index contributed by atoms with van der Waals surface area (Å²) < 4.78 is 5.63. The maximum absolute atomic E-state index is 10.3. The van der Waals surface area contributed by atoms with E-state index in [4.69, 9.17) is 16.3 Å². The molecule has 0 bridgehead atoms. The number of halogens is 1. The molecule has 1 aromatic carbocycles. The van der Waals surface area contributed by atoms with Gasteiger partial charge in [-0.25, -0.2) is 9.97 Å². The molecule has 28 heavy (non-hydrogen) atoms. The van der Waals surface area contributed by atoms with Crippen LogP contribution in [0.15, 0.2) is 42.6 Å². The van der Waals surface area contributed by atoms with E-state index in [1.54, 1.807) is 29.7 Å². The summed E-state index contributed by atoms with van der Waals surface area (Å²) in [7, 11) is 0. The Hall–Kier alpha value is -1.93. The lowest BCUT2D eigenvalue weighted by Gasteiger charge is -2.33. The number of ether oxygens (including phenoxy) is 1. The van der Waals surface area contributed by atoms with E-state index in [0.29, 0.717) is 23.4 Å². The number of hydrogen-bond acceptors (Lipinski definition) is 7. The summed E-state index contributed by atoms with van der Waals surface area (Å²) in [4.78, 5) is 12.2. The number of fused-ring (bicyclic) bond motifs is 1. The Balaban J connectivity index is 1.20. The van der Waals surface area contributed by atoms with Gasteiger partial charge in [0.25, 0.3) is 0 Å². The second kappa shape index (κ2) is 9.05. The molecule has 0 spiro atoms. The van der Waals surface area contributed by atoms with Crippen molar-refractivity contribution in [1.82, 2.24) is 14.9 Å². The summed E-state index contributed by atoms with van der Waals surface area (Å²) in [6.45, 7) is 2.75. The van der Waals surface area contributed by atoms with Crippen molar-refractivity contribution in [2.24, 2.45) is 0 Å². The average molecular weight is 419 g/mol. The van der Waals surface area contributed by atoms with Gasteiger partial charge in [-0.15, -0.1) is 0 Å². The highest BCUT2D eigenvalue weighted by Gasteiger charge is 2.22. The zero-order chi connectivity index (χ0) is 19.3. The number of nitrogens with one attached hydrogen (secondary N) is 1. The normalized spacial score (nSPS) is 16.9. The average Bonchev–Trinajstić information content (AvgIpc) is 3.10. The minimum atomic E-state index is -0.529. The highest BCUT2D eigenvalue weighted by atomic mass is 35.5. The molecule has 3 aromatic rings. The van der Waals surface area contributed by atoms with Gasteiger partial charge in [0.1, 0.15) is 28.8 Å². The summed E-state index contributed by atoms with van der Waals surface area (Å²) in [5, 5.41) is 15.4. The van der Waals surface area contributed by atoms with E-state index in [1.807, 2.05) is 24.3 Å². The second-order valence-electron chi connectivity index (χ2n) is 6.99. The fourth-order valence-electron chi connectivity index (χ4n) is 3.37. The first-order valence-corrected chi connectivity index (χ1v) is 10.6. The predicted molar refractivity (Wildman–Crippen MR) is 113 cm³/mol. The third-order valence-corrected chi connectivity index (χ3v) is 5.93. The molecule has 6 nitrogen and oxygen atoms in total. The summed E-state index contributed by atoms with van der Waals surface area (Å²) in [6.07, 6.45) is 3.31. The van der Waals surface area contributed by atoms with Crippen molar-refractivity contribution in [3.63, 3.8) is 0 Å². The molecule has 2 N–H and O–H groups in total. The fourth-order valence-corrected chi connectivity index (χ4v) is 4.43. The number of hydrogen-bond donors (Lipinski definition) is 2. The van der Waals surface area contributed by atoms with Gasteiger partial charge in [-0.2, -0.15) is 0 Å². The van der Waals surface area contributed by atoms with Gasteiger partial charge in [0.15, 0.2) is 5.13 Å². The van der Waals surface area contributed by atoms with Crippen LogP contribution in [0.4, 0.5) is 5.13 Å². The highest BCUT2D eigenvalue weighted by Crippen LogP contribution is 2.26.